The predicted octanol–water partition coefficient (Wildman–Crippen LogP) is 0.958. The first kappa shape index (κ1) is 19.2. The normalized spacial score (nSPS) is 18.0. The highest BCUT2D eigenvalue weighted by Crippen LogP contribution is 2.20. The Labute approximate surface area is 136 Å². The van der Waals surface area contributed by atoms with E-state index >= 15 is 0 Å². The van der Waals surface area contributed by atoms with E-state index < -0.39 is 23.6 Å². The molecule has 0 bridgehead atoms. The van der Waals surface area contributed by atoms with Crippen LogP contribution in [0.5, 0.6) is 0 Å². The topological polar surface area (TPSA) is 97.0 Å². The second-order valence-electron chi connectivity index (χ2n) is 6.81. The Morgan fingerprint density at radius 3 is 2.48 bits per heavy atom. The summed E-state index contributed by atoms with van der Waals surface area (Å²) in [5.41, 5.74) is 1.61. The molecule has 0 aromatic heterocycles. The summed E-state index contributed by atoms with van der Waals surface area (Å²) in [6.45, 7) is 9.15. The molecule has 3 amide bonds. The average molecular weight is 329 g/mol. The number of likely N-dealkylation sites (tertiary alicyclic amines) is 1. The molecule has 0 aromatic rings. The number of hydrogen-bond donors (Lipinski definition) is 2. The number of amides is 3. The molecule has 1 heterocycles. The van der Waals surface area contributed by atoms with Crippen LogP contribution >= 0.6 is 0 Å². The van der Waals surface area contributed by atoms with Crippen molar-refractivity contribution in [2.24, 2.45) is 0 Å². The molecule has 1 aliphatic heterocycles. The van der Waals surface area contributed by atoms with Crippen molar-refractivity contribution in [3.05, 3.63) is 0 Å². The molecule has 132 valence electrons. The summed E-state index contributed by atoms with van der Waals surface area (Å²) in [4.78, 5) is 41.9. The standard InChI is InChI=1S/C15H27N3O5/c1-10(2)16-12(19)9-22-17-13(20)11-7-6-8-18(11)14(21)23-15(3,4)5/h10-11H,6-9H2,1-5H3,(H,16,19)(H,17,20)/t11-/m0/s1. The Bertz CT molecular complexity index is 445. The Balaban J connectivity index is 2.45. The van der Waals surface area contributed by atoms with Crippen LogP contribution in [0.25, 0.3) is 0 Å². The fourth-order valence-corrected chi connectivity index (χ4v) is 2.18. The van der Waals surface area contributed by atoms with Gasteiger partial charge in [0.25, 0.3) is 5.91 Å². The van der Waals surface area contributed by atoms with Gasteiger partial charge >= 0.3 is 6.09 Å². The smallest absolute Gasteiger partial charge is 0.410 e. The molecule has 0 spiro atoms. The Morgan fingerprint density at radius 2 is 1.91 bits per heavy atom. The van der Waals surface area contributed by atoms with E-state index in [2.05, 4.69) is 10.8 Å². The van der Waals surface area contributed by atoms with Crippen LogP contribution in [-0.2, 0) is 19.2 Å². The fourth-order valence-electron chi connectivity index (χ4n) is 2.18. The molecular formula is C15H27N3O5. The van der Waals surface area contributed by atoms with E-state index in [1.807, 2.05) is 13.8 Å². The first-order chi connectivity index (χ1) is 10.6. The van der Waals surface area contributed by atoms with Gasteiger partial charge in [0.05, 0.1) is 0 Å². The number of carbonyl (C=O) groups excluding carboxylic acids is 3. The van der Waals surface area contributed by atoms with E-state index in [4.69, 9.17) is 9.57 Å². The molecule has 0 radical (unpaired) electrons. The molecule has 1 aliphatic rings. The third-order valence-corrected chi connectivity index (χ3v) is 3.01. The van der Waals surface area contributed by atoms with Crippen LogP contribution < -0.4 is 10.8 Å². The second-order valence-corrected chi connectivity index (χ2v) is 6.81. The molecule has 1 rings (SSSR count). The number of rotatable bonds is 5. The molecule has 1 saturated heterocycles. The van der Waals surface area contributed by atoms with Gasteiger partial charge in [0.2, 0.25) is 5.91 Å². The van der Waals surface area contributed by atoms with Crippen LogP contribution in [0.15, 0.2) is 0 Å². The highest BCUT2D eigenvalue weighted by atomic mass is 16.7. The van der Waals surface area contributed by atoms with Crippen molar-refractivity contribution in [2.45, 2.75) is 65.1 Å². The van der Waals surface area contributed by atoms with Gasteiger partial charge in [-0.15, -0.1) is 0 Å². The predicted molar refractivity (Wildman–Crippen MR) is 83.3 cm³/mol. The summed E-state index contributed by atoms with van der Waals surface area (Å²) < 4.78 is 5.29. The molecule has 23 heavy (non-hydrogen) atoms. The molecule has 0 saturated carbocycles. The Hall–Kier alpha value is -1.83. The van der Waals surface area contributed by atoms with Gasteiger partial charge in [-0.05, 0) is 47.5 Å². The zero-order valence-electron chi connectivity index (χ0n) is 14.5. The molecule has 0 aromatic carbocycles. The number of nitrogens with zero attached hydrogens (tertiary/aromatic N) is 1. The number of ether oxygens (including phenoxy) is 1. The van der Waals surface area contributed by atoms with Gasteiger partial charge < -0.3 is 10.1 Å². The van der Waals surface area contributed by atoms with Crippen LogP contribution in [0, 0.1) is 0 Å². The lowest BCUT2D eigenvalue weighted by molar-refractivity contribution is -0.142. The minimum Gasteiger partial charge on any atom is -0.444 e. The highest BCUT2D eigenvalue weighted by molar-refractivity contribution is 5.85. The first-order valence-corrected chi connectivity index (χ1v) is 7.81. The molecule has 8 heteroatoms. The second kappa shape index (κ2) is 8.14. The largest absolute Gasteiger partial charge is 0.444 e. The van der Waals surface area contributed by atoms with Gasteiger partial charge in [0, 0.05) is 12.6 Å². The molecule has 8 nitrogen and oxygen atoms in total. The summed E-state index contributed by atoms with van der Waals surface area (Å²) in [6.07, 6.45) is 0.727. The number of hydroxylamine groups is 1. The number of hydrogen-bond acceptors (Lipinski definition) is 5. The summed E-state index contributed by atoms with van der Waals surface area (Å²) in [6, 6.07) is -0.641. The van der Waals surface area contributed by atoms with Crippen LogP contribution in [0.1, 0.15) is 47.5 Å². The van der Waals surface area contributed by atoms with Crippen molar-refractivity contribution in [1.29, 1.82) is 0 Å². The van der Waals surface area contributed by atoms with Crippen LogP contribution in [0.2, 0.25) is 0 Å². The van der Waals surface area contributed by atoms with E-state index in [1.165, 1.54) is 4.90 Å². The van der Waals surface area contributed by atoms with Crippen molar-refractivity contribution in [1.82, 2.24) is 15.7 Å². The van der Waals surface area contributed by atoms with E-state index in [0.717, 1.165) is 0 Å². The van der Waals surface area contributed by atoms with Crippen molar-refractivity contribution in [2.75, 3.05) is 13.2 Å². The van der Waals surface area contributed by atoms with Crippen LogP contribution in [0.3, 0.4) is 0 Å². The third kappa shape index (κ3) is 6.85. The van der Waals surface area contributed by atoms with Gasteiger partial charge in [0.1, 0.15) is 11.6 Å². The molecular weight excluding hydrogens is 302 g/mol. The van der Waals surface area contributed by atoms with E-state index in [0.29, 0.717) is 19.4 Å². The molecule has 2 N–H and O–H groups in total. The van der Waals surface area contributed by atoms with Gasteiger partial charge in [-0.3, -0.25) is 19.3 Å². The first-order valence-electron chi connectivity index (χ1n) is 7.81. The van der Waals surface area contributed by atoms with E-state index in [9.17, 15) is 14.4 Å². The van der Waals surface area contributed by atoms with E-state index in [1.54, 1.807) is 20.8 Å². The fraction of sp³-hybridized carbons (Fsp3) is 0.800. The number of nitrogens with one attached hydrogen (secondary N) is 2. The lowest BCUT2D eigenvalue weighted by Crippen LogP contribution is -2.48. The Morgan fingerprint density at radius 1 is 1.26 bits per heavy atom. The third-order valence-electron chi connectivity index (χ3n) is 3.01. The van der Waals surface area contributed by atoms with Crippen LogP contribution in [0.4, 0.5) is 4.79 Å². The minimum absolute atomic E-state index is 0.000654. The average Bonchev–Trinajstić information content (AvgIpc) is 2.84. The maximum Gasteiger partial charge on any atom is 0.410 e. The van der Waals surface area contributed by atoms with Crippen molar-refractivity contribution >= 4 is 17.9 Å². The monoisotopic (exact) mass is 329 g/mol. The summed E-state index contributed by atoms with van der Waals surface area (Å²) in [5, 5.41) is 2.64. The quantitative estimate of drug-likeness (QED) is 0.732. The summed E-state index contributed by atoms with van der Waals surface area (Å²) >= 11 is 0. The van der Waals surface area contributed by atoms with Crippen molar-refractivity contribution in [3.63, 3.8) is 0 Å². The zero-order valence-corrected chi connectivity index (χ0v) is 14.5. The molecule has 0 aliphatic carbocycles. The highest BCUT2D eigenvalue weighted by Gasteiger charge is 2.36. The molecule has 1 fully saturated rings. The van der Waals surface area contributed by atoms with Crippen LogP contribution in [-0.4, -0.2) is 53.6 Å². The molecule has 1 atom stereocenters. The lowest BCUT2D eigenvalue weighted by Gasteiger charge is -2.27. The van der Waals surface area contributed by atoms with E-state index in [-0.39, 0.29) is 18.6 Å². The maximum atomic E-state index is 12.1. The Kier molecular flexibility index (Phi) is 6.80. The van der Waals surface area contributed by atoms with Gasteiger partial charge in [-0.2, -0.15) is 0 Å². The van der Waals surface area contributed by atoms with Crippen molar-refractivity contribution in [3.8, 4) is 0 Å². The molecule has 0 unspecified atom stereocenters. The van der Waals surface area contributed by atoms with Gasteiger partial charge in [-0.1, -0.05) is 0 Å². The van der Waals surface area contributed by atoms with Gasteiger partial charge in [0.15, 0.2) is 6.61 Å². The maximum absolute atomic E-state index is 12.1. The SMILES string of the molecule is CC(C)NC(=O)CONC(=O)[C@@H]1CCCN1C(=O)OC(C)(C)C. The summed E-state index contributed by atoms with van der Waals surface area (Å²) in [5.74, 6) is -0.776. The van der Waals surface area contributed by atoms with Crippen molar-refractivity contribution < 1.29 is 24.0 Å². The zero-order chi connectivity index (χ0) is 17.6. The summed E-state index contributed by atoms with van der Waals surface area (Å²) in [7, 11) is 0. The lowest BCUT2D eigenvalue weighted by atomic mass is 10.2. The van der Waals surface area contributed by atoms with Gasteiger partial charge in [-0.25, -0.2) is 10.3 Å². The minimum atomic E-state index is -0.641. The number of carbonyl (C=O) groups is 3.